The molecule has 0 radical (unpaired) electrons. The summed E-state index contributed by atoms with van der Waals surface area (Å²) in [5.74, 6) is -0.659. The minimum Gasteiger partial charge on any atom is -0.451 e. The predicted octanol–water partition coefficient (Wildman–Crippen LogP) is 3.49. The van der Waals surface area contributed by atoms with Gasteiger partial charge in [-0.25, -0.2) is 0 Å². The Balaban J connectivity index is 1.74. The van der Waals surface area contributed by atoms with E-state index in [4.69, 9.17) is 9.15 Å². The van der Waals surface area contributed by atoms with Crippen LogP contribution in [0.3, 0.4) is 0 Å². The van der Waals surface area contributed by atoms with Crippen molar-refractivity contribution in [3.63, 3.8) is 0 Å². The maximum Gasteiger partial charge on any atom is 0.287 e. The summed E-state index contributed by atoms with van der Waals surface area (Å²) < 4.78 is 11.3. The summed E-state index contributed by atoms with van der Waals surface area (Å²) in [7, 11) is 0. The number of ether oxygens (including phenoxy) is 1. The van der Waals surface area contributed by atoms with Crippen molar-refractivity contribution in [1.29, 1.82) is 0 Å². The lowest BCUT2D eigenvalue weighted by Gasteiger charge is -2.25. The fraction of sp³-hybridized carbons (Fsp3) is 0.522. The van der Waals surface area contributed by atoms with Crippen molar-refractivity contribution in [2.75, 3.05) is 6.61 Å². The number of furan rings is 1. The van der Waals surface area contributed by atoms with E-state index in [9.17, 15) is 14.4 Å². The smallest absolute Gasteiger partial charge is 0.287 e. The molecule has 0 saturated carbocycles. The Labute approximate surface area is 176 Å². The quantitative estimate of drug-likeness (QED) is 0.754. The van der Waals surface area contributed by atoms with Gasteiger partial charge in [0, 0.05) is 24.0 Å². The summed E-state index contributed by atoms with van der Waals surface area (Å²) in [6.45, 7) is 6.18. The highest BCUT2D eigenvalue weighted by Gasteiger charge is 2.29. The van der Waals surface area contributed by atoms with Crippen LogP contribution in [0.4, 0.5) is 0 Å². The Morgan fingerprint density at radius 2 is 1.93 bits per heavy atom. The Hall–Kier alpha value is -2.67. The number of hydrogen-bond donors (Lipinski definition) is 2. The molecule has 0 spiro atoms. The van der Waals surface area contributed by atoms with Gasteiger partial charge in [-0.1, -0.05) is 38.5 Å². The molecule has 0 aliphatic carbocycles. The van der Waals surface area contributed by atoms with E-state index in [-0.39, 0.29) is 17.5 Å². The topological polar surface area (TPSA) is 97.6 Å². The van der Waals surface area contributed by atoms with Crippen LogP contribution in [0.15, 0.2) is 28.7 Å². The Morgan fingerprint density at radius 1 is 1.17 bits per heavy atom. The van der Waals surface area contributed by atoms with E-state index >= 15 is 0 Å². The first-order chi connectivity index (χ1) is 14.4. The van der Waals surface area contributed by atoms with E-state index in [1.54, 1.807) is 6.07 Å². The number of carbonyl (C=O) groups excluding carboxylic acids is 3. The first-order valence-corrected chi connectivity index (χ1v) is 10.6. The molecule has 2 amide bonds. The van der Waals surface area contributed by atoms with E-state index in [2.05, 4.69) is 10.6 Å². The third kappa shape index (κ3) is 5.27. The van der Waals surface area contributed by atoms with E-state index in [0.717, 1.165) is 30.2 Å². The number of aryl methyl sites for hydroxylation is 1. The van der Waals surface area contributed by atoms with Crippen LogP contribution in [0.5, 0.6) is 0 Å². The van der Waals surface area contributed by atoms with Crippen LogP contribution in [0.2, 0.25) is 0 Å². The van der Waals surface area contributed by atoms with Crippen molar-refractivity contribution >= 4 is 28.6 Å². The molecule has 2 aromatic rings. The summed E-state index contributed by atoms with van der Waals surface area (Å²) in [5.41, 5.74) is 1.35. The van der Waals surface area contributed by atoms with Crippen LogP contribution in [-0.2, 0) is 14.3 Å². The summed E-state index contributed by atoms with van der Waals surface area (Å²) in [5, 5.41) is 6.33. The van der Waals surface area contributed by atoms with Crippen molar-refractivity contribution in [2.24, 2.45) is 5.92 Å². The average Bonchev–Trinajstić information content (AvgIpc) is 3.04. The summed E-state index contributed by atoms with van der Waals surface area (Å²) in [6, 6.07) is 6.61. The molecule has 1 saturated heterocycles. The van der Waals surface area contributed by atoms with E-state index in [1.165, 1.54) is 0 Å². The number of ketones is 1. The van der Waals surface area contributed by atoms with Gasteiger partial charge in [-0.3, -0.25) is 14.4 Å². The lowest BCUT2D eigenvalue weighted by Crippen LogP contribution is -2.53. The van der Waals surface area contributed by atoms with Gasteiger partial charge in [0.2, 0.25) is 5.91 Å². The van der Waals surface area contributed by atoms with E-state index in [0.29, 0.717) is 25.0 Å². The largest absolute Gasteiger partial charge is 0.451 e. The summed E-state index contributed by atoms with van der Waals surface area (Å²) in [4.78, 5) is 38.1. The fourth-order valence-electron chi connectivity index (χ4n) is 3.67. The fourth-order valence-corrected chi connectivity index (χ4v) is 3.67. The van der Waals surface area contributed by atoms with Gasteiger partial charge in [-0.2, -0.15) is 0 Å². The third-order valence-electron chi connectivity index (χ3n) is 5.30. The van der Waals surface area contributed by atoms with Gasteiger partial charge in [0.1, 0.15) is 11.6 Å². The molecule has 0 bridgehead atoms. The first kappa shape index (κ1) is 22.0. The van der Waals surface area contributed by atoms with Gasteiger partial charge in [0.15, 0.2) is 17.8 Å². The molecule has 7 nitrogen and oxygen atoms in total. The second-order valence-electron chi connectivity index (χ2n) is 8.24. The monoisotopic (exact) mass is 414 g/mol. The van der Waals surface area contributed by atoms with Crippen molar-refractivity contribution < 1.29 is 23.5 Å². The lowest BCUT2D eigenvalue weighted by atomic mass is 10.0. The number of hydrogen-bond acceptors (Lipinski definition) is 5. The van der Waals surface area contributed by atoms with Crippen LogP contribution < -0.4 is 10.6 Å². The molecule has 162 valence electrons. The zero-order valence-corrected chi connectivity index (χ0v) is 17.8. The number of nitrogens with one attached hydrogen (secondary N) is 2. The van der Waals surface area contributed by atoms with Crippen LogP contribution in [0, 0.1) is 12.8 Å². The molecule has 0 unspecified atom stereocenters. The summed E-state index contributed by atoms with van der Waals surface area (Å²) in [6.07, 6.45) is 2.44. The van der Waals surface area contributed by atoms with Crippen molar-refractivity contribution in [3.8, 4) is 0 Å². The Bertz CT molecular complexity index is 917. The third-order valence-corrected chi connectivity index (χ3v) is 5.30. The molecule has 2 heterocycles. The molecule has 30 heavy (non-hydrogen) atoms. The second-order valence-corrected chi connectivity index (χ2v) is 8.24. The molecule has 1 aromatic carbocycles. The van der Waals surface area contributed by atoms with Crippen LogP contribution >= 0.6 is 0 Å². The van der Waals surface area contributed by atoms with Crippen molar-refractivity contribution in [2.45, 2.75) is 65.1 Å². The molecular formula is C23H30N2O5. The maximum atomic E-state index is 12.9. The first-order valence-electron chi connectivity index (χ1n) is 10.6. The number of para-hydroxylation sites is 1. The molecule has 7 heteroatoms. The highest BCUT2D eigenvalue weighted by Crippen LogP contribution is 2.25. The highest BCUT2D eigenvalue weighted by molar-refractivity contribution is 6.01. The predicted molar refractivity (Wildman–Crippen MR) is 113 cm³/mol. The number of fused-ring (bicyclic) bond motifs is 1. The molecule has 1 aliphatic rings. The maximum absolute atomic E-state index is 12.9. The standard InChI is InChI=1S/C23H30N2O5/c1-14(2)13-17(21(27)25-23-18(26)10-5-4-8-12-29-23)24-22(28)20-15(3)16-9-6-7-11-19(16)30-20/h6-7,9,11,14,17,23H,4-5,8,10,12-13H2,1-3H3,(H,24,28)(H,25,27)/t17-,23-/m0/s1. The summed E-state index contributed by atoms with van der Waals surface area (Å²) >= 11 is 0. The van der Waals surface area contributed by atoms with E-state index < -0.39 is 24.1 Å². The normalized spacial score (nSPS) is 18.7. The molecule has 1 aliphatic heterocycles. The molecule has 3 rings (SSSR count). The van der Waals surface area contributed by atoms with Gasteiger partial charge in [-0.15, -0.1) is 0 Å². The molecule has 1 fully saturated rings. The van der Waals surface area contributed by atoms with Gasteiger partial charge in [0.25, 0.3) is 5.91 Å². The van der Waals surface area contributed by atoms with Crippen LogP contribution in [-0.4, -0.2) is 36.5 Å². The zero-order valence-electron chi connectivity index (χ0n) is 17.8. The second kappa shape index (κ2) is 9.89. The number of benzene rings is 1. The number of carbonyl (C=O) groups is 3. The molecule has 2 N–H and O–H groups in total. The van der Waals surface area contributed by atoms with Gasteiger partial charge < -0.3 is 19.8 Å². The van der Waals surface area contributed by atoms with Crippen molar-refractivity contribution in [1.82, 2.24) is 10.6 Å². The highest BCUT2D eigenvalue weighted by atomic mass is 16.5. The van der Waals surface area contributed by atoms with Crippen LogP contribution in [0.1, 0.15) is 62.1 Å². The van der Waals surface area contributed by atoms with Crippen LogP contribution in [0.25, 0.3) is 11.0 Å². The van der Waals surface area contributed by atoms with Gasteiger partial charge >= 0.3 is 0 Å². The Morgan fingerprint density at radius 3 is 2.67 bits per heavy atom. The minimum absolute atomic E-state index is 0.134. The SMILES string of the molecule is Cc1c(C(=O)N[C@@H](CC(C)C)C(=O)N[C@H]2OCCCCCC2=O)oc2ccccc12. The minimum atomic E-state index is -0.961. The Kier molecular flexibility index (Phi) is 7.26. The molecule has 1 aromatic heterocycles. The van der Waals surface area contributed by atoms with Gasteiger partial charge in [-0.05, 0) is 38.2 Å². The lowest BCUT2D eigenvalue weighted by molar-refractivity contribution is -0.141. The van der Waals surface area contributed by atoms with E-state index in [1.807, 2.05) is 39.0 Å². The number of rotatable bonds is 6. The molecule has 2 atom stereocenters. The number of Topliss-reactive ketones (excluding diaryl/α,β-unsaturated/α-hetero) is 1. The average molecular weight is 415 g/mol. The zero-order chi connectivity index (χ0) is 21.7. The van der Waals surface area contributed by atoms with Gasteiger partial charge in [0.05, 0.1) is 0 Å². The molecular weight excluding hydrogens is 384 g/mol. The van der Waals surface area contributed by atoms with Crippen molar-refractivity contribution in [3.05, 3.63) is 35.6 Å². The number of amides is 2.